The molecule has 2 aromatic carbocycles. The van der Waals surface area contributed by atoms with E-state index in [1.165, 1.54) is 0 Å². The minimum Gasteiger partial charge on any atom is -0.326 e. The van der Waals surface area contributed by atoms with Gasteiger partial charge in [-0.25, -0.2) is 0 Å². The van der Waals surface area contributed by atoms with Gasteiger partial charge in [0.25, 0.3) is 0 Å². The van der Waals surface area contributed by atoms with Gasteiger partial charge in [-0.3, -0.25) is 9.59 Å². The SMILES string of the molecule is CCCC(=O)Nc1ccc(C(=O)CCC)c(-c2ccccc2)c1. The molecule has 2 aromatic rings. The van der Waals surface area contributed by atoms with E-state index in [0.717, 1.165) is 29.7 Å². The molecule has 120 valence electrons. The number of Topliss-reactive ketones (excluding diaryl/α,β-unsaturated/α-hetero) is 1. The Balaban J connectivity index is 2.40. The van der Waals surface area contributed by atoms with Gasteiger partial charge in [0.15, 0.2) is 5.78 Å². The van der Waals surface area contributed by atoms with Crippen LogP contribution in [0.1, 0.15) is 49.9 Å². The van der Waals surface area contributed by atoms with Crippen molar-refractivity contribution in [3.63, 3.8) is 0 Å². The number of nitrogens with one attached hydrogen (secondary N) is 1. The van der Waals surface area contributed by atoms with E-state index in [9.17, 15) is 9.59 Å². The van der Waals surface area contributed by atoms with E-state index in [0.29, 0.717) is 18.4 Å². The van der Waals surface area contributed by atoms with Crippen molar-refractivity contribution in [2.24, 2.45) is 0 Å². The Labute approximate surface area is 137 Å². The lowest BCUT2D eigenvalue weighted by Crippen LogP contribution is -2.11. The standard InChI is InChI=1S/C20H23NO2/c1-3-8-19(22)17-13-12-16(21-20(23)9-4-2)14-18(17)15-10-6-5-7-11-15/h5-7,10-14H,3-4,8-9H2,1-2H3,(H,21,23). The molecule has 0 bridgehead atoms. The molecule has 0 aromatic heterocycles. The monoisotopic (exact) mass is 309 g/mol. The van der Waals surface area contributed by atoms with Crippen molar-refractivity contribution in [2.75, 3.05) is 5.32 Å². The van der Waals surface area contributed by atoms with Crippen LogP contribution in [-0.2, 0) is 4.79 Å². The average Bonchev–Trinajstić information content (AvgIpc) is 2.56. The summed E-state index contributed by atoms with van der Waals surface area (Å²) in [6.07, 6.45) is 2.66. The minimum atomic E-state index is -0.000790. The van der Waals surface area contributed by atoms with E-state index in [4.69, 9.17) is 0 Å². The van der Waals surface area contributed by atoms with Crippen LogP contribution in [0.25, 0.3) is 11.1 Å². The first kappa shape index (κ1) is 16.9. The topological polar surface area (TPSA) is 46.2 Å². The summed E-state index contributed by atoms with van der Waals surface area (Å²) in [7, 11) is 0. The second kappa shape index (κ2) is 8.28. The van der Waals surface area contributed by atoms with Gasteiger partial charge in [0, 0.05) is 24.1 Å². The maximum atomic E-state index is 12.4. The second-order valence-corrected chi connectivity index (χ2v) is 5.60. The fraction of sp³-hybridized carbons (Fsp3) is 0.300. The minimum absolute atomic E-state index is 0.000790. The van der Waals surface area contributed by atoms with Crippen LogP contribution in [0, 0.1) is 0 Å². The molecule has 0 atom stereocenters. The van der Waals surface area contributed by atoms with E-state index < -0.39 is 0 Å². The van der Waals surface area contributed by atoms with Crippen molar-refractivity contribution in [3.8, 4) is 11.1 Å². The number of carbonyl (C=O) groups is 2. The molecular formula is C20H23NO2. The molecule has 23 heavy (non-hydrogen) atoms. The number of hydrogen-bond acceptors (Lipinski definition) is 2. The van der Waals surface area contributed by atoms with Crippen LogP contribution in [-0.4, -0.2) is 11.7 Å². The lowest BCUT2D eigenvalue weighted by Gasteiger charge is -2.12. The number of rotatable bonds is 7. The Bertz CT molecular complexity index is 677. The molecule has 0 fully saturated rings. The van der Waals surface area contributed by atoms with Crippen LogP contribution in [0.4, 0.5) is 5.69 Å². The third-order valence-corrected chi connectivity index (χ3v) is 3.64. The fourth-order valence-electron chi connectivity index (χ4n) is 2.53. The summed E-state index contributed by atoms with van der Waals surface area (Å²) in [5, 5.41) is 2.90. The number of benzene rings is 2. The van der Waals surface area contributed by atoms with Crippen molar-refractivity contribution in [3.05, 3.63) is 54.1 Å². The molecule has 0 aliphatic carbocycles. The summed E-state index contributed by atoms with van der Waals surface area (Å²) in [5.74, 6) is 0.136. The first-order valence-electron chi connectivity index (χ1n) is 8.18. The predicted molar refractivity (Wildman–Crippen MR) is 94.7 cm³/mol. The molecule has 1 N–H and O–H groups in total. The molecule has 0 radical (unpaired) electrons. The molecule has 0 aliphatic heterocycles. The van der Waals surface area contributed by atoms with Gasteiger partial charge < -0.3 is 5.32 Å². The number of amides is 1. The van der Waals surface area contributed by atoms with Gasteiger partial charge in [0.2, 0.25) is 5.91 Å². The summed E-state index contributed by atoms with van der Waals surface area (Å²) in [4.78, 5) is 24.2. The second-order valence-electron chi connectivity index (χ2n) is 5.60. The molecule has 3 nitrogen and oxygen atoms in total. The van der Waals surface area contributed by atoms with Crippen LogP contribution in [0.3, 0.4) is 0 Å². The van der Waals surface area contributed by atoms with Crippen LogP contribution in [0.5, 0.6) is 0 Å². The molecule has 3 heteroatoms. The highest BCUT2D eigenvalue weighted by Crippen LogP contribution is 2.28. The van der Waals surface area contributed by atoms with E-state index in [1.54, 1.807) is 0 Å². The normalized spacial score (nSPS) is 10.3. The van der Waals surface area contributed by atoms with Crippen molar-refractivity contribution in [2.45, 2.75) is 39.5 Å². The quantitative estimate of drug-likeness (QED) is 0.725. The average molecular weight is 309 g/mol. The highest BCUT2D eigenvalue weighted by atomic mass is 16.1. The predicted octanol–water partition coefficient (Wildman–Crippen LogP) is 5.08. The zero-order valence-electron chi connectivity index (χ0n) is 13.8. The Morgan fingerprint density at radius 3 is 2.26 bits per heavy atom. The fourth-order valence-corrected chi connectivity index (χ4v) is 2.53. The molecule has 1 amide bonds. The van der Waals surface area contributed by atoms with Crippen molar-refractivity contribution < 1.29 is 9.59 Å². The van der Waals surface area contributed by atoms with Gasteiger partial charge in [-0.1, -0.05) is 44.2 Å². The third kappa shape index (κ3) is 4.52. The van der Waals surface area contributed by atoms with Crippen LogP contribution < -0.4 is 5.32 Å². The molecule has 0 aliphatic rings. The molecule has 0 heterocycles. The first-order chi connectivity index (χ1) is 11.2. The zero-order valence-corrected chi connectivity index (χ0v) is 13.8. The summed E-state index contributed by atoms with van der Waals surface area (Å²) < 4.78 is 0. The molecule has 0 saturated heterocycles. The van der Waals surface area contributed by atoms with Crippen molar-refractivity contribution >= 4 is 17.4 Å². The zero-order chi connectivity index (χ0) is 16.7. The number of carbonyl (C=O) groups excluding carboxylic acids is 2. The number of hydrogen-bond donors (Lipinski definition) is 1. The Kier molecular flexibility index (Phi) is 6.10. The van der Waals surface area contributed by atoms with E-state index in [2.05, 4.69) is 5.32 Å². The van der Waals surface area contributed by atoms with Crippen LogP contribution in [0.2, 0.25) is 0 Å². The summed E-state index contributed by atoms with van der Waals surface area (Å²) in [6, 6.07) is 15.3. The van der Waals surface area contributed by atoms with E-state index in [-0.39, 0.29) is 11.7 Å². The highest BCUT2D eigenvalue weighted by Gasteiger charge is 2.13. The van der Waals surface area contributed by atoms with Gasteiger partial charge in [-0.05, 0) is 42.2 Å². The van der Waals surface area contributed by atoms with E-state index >= 15 is 0 Å². The van der Waals surface area contributed by atoms with Crippen molar-refractivity contribution in [1.29, 1.82) is 0 Å². The Morgan fingerprint density at radius 2 is 1.61 bits per heavy atom. The Hall–Kier alpha value is -2.42. The smallest absolute Gasteiger partial charge is 0.224 e. The summed E-state index contributed by atoms with van der Waals surface area (Å²) in [6.45, 7) is 3.97. The maximum absolute atomic E-state index is 12.4. The summed E-state index contributed by atoms with van der Waals surface area (Å²) in [5.41, 5.74) is 3.30. The highest BCUT2D eigenvalue weighted by molar-refractivity contribution is 6.03. The molecule has 0 unspecified atom stereocenters. The van der Waals surface area contributed by atoms with Gasteiger partial charge >= 0.3 is 0 Å². The van der Waals surface area contributed by atoms with E-state index in [1.807, 2.05) is 62.4 Å². The number of ketones is 1. The lowest BCUT2D eigenvalue weighted by molar-refractivity contribution is -0.116. The van der Waals surface area contributed by atoms with Gasteiger partial charge in [0.05, 0.1) is 0 Å². The molecule has 2 rings (SSSR count). The van der Waals surface area contributed by atoms with Crippen LogP contribution >= 0.6 is 0 Å². The molecule has 0 spiro atoms. The summed E-state index contributed by atoms with van der Waals surface area (Å²) >= 11 is 0. The lowest BCUT2D eigenvalue weighted by atomic mass is 9.94. The largest absolute Gasteiger partial charge is 0.326 e. The molecule has 0 saturated carbocycles. The molecular weight excluding hydrogens is 286 g/mol. The van der Waals surface area contributed by atoms with Gasteiger partial charge in [-0.15, -0.1) is 0 Å². The number of anilines is 1. The Morgan fingerprint density at radius 1 is 0.913 bits per heavy atom. The maximum Gasteiger partial charge on any atom is 0.224 e. The van der Waals surface area contributed by atoms with Gasteiger partial charge in [-0.2, -0.15) is 0 Å². The van der Waals surface area contributed by atoms with Crippen LogP contribution in [0.15, 0.2) is 48.5 Å². The van der Waals surface area contributed by atoms with Gasteiger partial charge in [0.1, 0.15) is 0 Å². The first-order valence-corrected chi connectivity index (χ1v) is 8.18. The third-order valence-electron chi connectivity index (χ3n) is 3.64. The van der Waals surface area contributed by atoms with Crippen molar-refractivity contribution in [1.82, 2.24) is 0 Å².